The van der Waals surface area contributed by atoms with Crippen LogP contribution in [0, 0.1) is 11.8 Å². The molecule has 2 fully saturated rings. The minimum atomic E-state index is -3.75. The molecule has 0 bridgehead atoms. The van der Waals surface area contributed by atoms with Crippen LogP contribution in [0.2, 0.25) is 10.0 Å². The number of nitrogens with one attached hydrogen (secondary N) is 2. The lowest BCUT2D eigenvalue weighted by molar-refractivity contribution is 0.0490. The molecule has 2 N–H and O–H groups in total. The van der Waals surface area contributed by atoms with E-state index < -0.39 is 20.0 Å². The molecule has 2 unspecified atom stereocenters. The molecule has 0 radical (unpaired) electrons. The molecular weight excluding hydrogens is 908 g/mol. The van der Waals surface area contributed by atoms with Crippen molar-refractivity contribution in [3.05, 3.63) is 141 Å². The van der Waals surface area contributed by atoms with Crippen LogP contribution in [0.25, 0.3) is 0 Å². The Kier molecular flexibility index (Phi) is 15.5. The van der Waals surface area contributed by atoms with Crippen molar-refractivity contribution in [3.8, 4) is 11.5 Å². The summed E-state index contributed by atoms with van der Waals surface area (Å²) in [5.41, 5.74) is 2.61. The van der Waals surface area contributed by atoms with Crippen molar-refractivity contribution in [2.75, 3.05) is 35.6 Å². The number of sulfonamides is 2. The smallest absolute Gasteiger partial charge is 0.263 e. The van der Waals surface area contributed by atoms with Crippen LogP contribution in [0.1, 0.15) is 37.8 Å². The molecule has 62 heavy (non-hydrogen) atoms. The van der Waals surface area contributed by atoms with Gasteiger partial charge in [-0.05, 0) is 60.4 Å². The molecule has 2 aromatic heterocycles. The first kappa shape index (κ1) is 45.8. The van der Waals surface area contributed by atoms with E-state index in [0.717, 1.165) is 52.1 Å². The lowest BCUT2D eigenvalue weighted by Crippen LogP contribution is -2.44. The molecule has 2 aliphatic heterocycles. The van der Waals surface area contributed by atoms with Gasteiger partial charge in [0.05, 0.1) is 19.8 Å². The Morgan fingerprint density at radius 1 is 0.629 bits per heavy atom. The normalized spacial score (nSPS) is 19.8. The van der Waals surface area contributed by atoms with Crippen molar-refractivity contribution in [2.24, 2.45) is 11.8 Å². The minimum Gasteiger partial charge on any atom is -0.488 e. The van der Waals surface area contributed by atoms with Crippen molar-refractivity contribution >= 4 is 76.2 Å². The quantitative estimate of drug-likeness (QED) is 0.108. The molecule has 2 saturated heterocycles. The number of hydrogen-bond acceptors (Lipinski definition) is 12. The van der Waals surface area contributed by atoms with Crippen LogP contribution < -0.4 is 18.9 Å². The molecule has 0 spiro atoms. The standard InChI is InChI=1S/2C22H24ClN3O3S2/c2*1-16-14-26(15-17-5-3-2-4-6-17)11-9-20(16)29-21-8-7-18(13-19(21)23)31(27,28)25-22-24-10-12-30-22/h2*2-8,10,12-13,16,20H,9,11,14-15H2,1H3,(H,24,25)/t2*16-,20?/m10/s1. The Hall–Kier alpha value is -4.26. The van der Waals surface area contributed by atoms with E-state index in [1.807, 2.05) is 12.1 Å². The van der Waals surface area contributed by atoms with Gasteiger partial charge in [0, 0.05) is 74.3 Å². The summed E-state index contributed by atoms with van der Waals surface area (Å²) < 4.78 is 67.4. The van der Waals surface area contributed by atoms with Gasteiger partial charge in [0.15, 0.2) is 10.3 Å². The van der Waals surface area contributed by atoms with Crippen molar-refractivity contribution in [1.82, 2.24) is 19.8 Å². The van der Waals surface area contributed by atoms with Gasteiger partial charge in [0.25, 0.3) is 20.0 Å². The van der Waals surface area contributed by atoms with E-state index in [2.05, 4.69) is 91.6 Å². The summed E-state index contributed by atoms with van der Waals surface area (Å²) in [4.78, 5) is 12.9. The van der Waals surface area contributed by atoms with E-state index in [1.54, 1.807) is 35.3 Å². The fourth-order valence-electron chi connectivity index (χ4n) is 7.45. The molecule has 4 heterocycles. The first-order valence-electron chi connectivity index (χ1n) is 20.1. The highest BCUT2D eigenvalue weighted by atomic mass is 35.5. The van der Waals surface area contributed by atoms with Crippen molar-refractivity contribution in [1.29, 1.82) is 0 Å². The maximum atomic E-state index is 12.5. The second-order valence-electron chi connectivity index (χ2n) is 15.4. The summed E-state index contributed by atoms with van der Waals surface area (Å²) in [5, 5.41) is 4.59. The molecule has 2 aliphatic rings. The third-order valence-corrected chi connectivity index (χ3v) is 15.5. The SMILES string of the molecule is C[C@@H]1CN(Cc2ccccc2)CCC1Oc1ccc(S(=O)(=O)Nc2nccs2)cc1Cl.C[C@H]1CN(Cc2ccccc2)CCC1Oc1ccc(S(=O)(=O)Nc2nccs2)cc1Cl. The number of ether oxygens (including phenoxy) is 2. The second-order valence-corrected chi connectivity index (χ2v) is 21.3. The van der Waals surface area contributed by atoms with E-state index in [0.29, 0.717) is 33.6 Å². The number of hydrogen-bond donors (Lipinski definition) is 2. The first-order chi connectivity index (χ1) is 29.8. The minimum absolute atomic E-state index is 0.0282. The zero-order valence-electron chi connectivity index (χ0n) is 34.1. The lowest BCUT2D eigenvalue weighted by atomic mass is 9.96. The Bertz CT molecular complexity index is 2400. The highest BCUT2D eigenvalue weighted by molar-refractivity contribution is 7.93. The zero-order valence-corrected chi connectivity index (χ0v) is 38.9. The summed E-state index contributed by atoms with van der Waals surface area (Å²) in [5.74, 6) is 1.65. The number of halogens is 2. The predicted octanol–water partition coefficient (Wildman–Crippen LogP) is 9.77. The summed E-state index contributed by atoms with van der Waals surface area (Å²) in [6.07, 6.45) is 4.91. The van der Waals surface area contributed by atoms with Crippen LogP contribution in [0.3, 0.4) is 0 Å². The topological polar surface area (TPSA) is 143 Å². The number of likely N-dealkylation sites (tertiary alicyclic amines) is 2. The van der Waals surface area contributed by atoms with Crippen LogP contribution in [0.5, 0.6) is 11.5 Å². The third-order valence-electron chi connectivity index (χ3n) is 10.6. The summed E-state index contributed by atoms with van der Waals surface area (Å²) in [7, 11) is -7.50. The van der Waals surface area contributed by atoms with Crippen LogP contribution in [-0.4, -0.2) is 75.0 Å². The molecule has 4 aromatic carbocycles. The maximum absolute atomic E-state index is 12.5. The first-order valence-corrected chi connectivity index (χ1v) is 25.6. The maximum Gasteiger partial charge on any atom is 0.263 e. The van der Waals surface area contributed by atoms with E-state index in [9.17, 15) is 16.8 Å². The van der Waals surface area contributed by atoms with Gasteiger partial charge in [-0.1, -0.05) is 97.7 Å². The molecule has 12 nitrogen and oxygen atoms in total. The Morgan fingerprint density at radius 3 is 1.37 bits per heavy atom. The molecule has 18 heteroatoms. The molecule has 328 valence electrons. The number of benzene rings is 4. The van der Waals surface area contributed by atoms with Gasteiger partial charge in [0.2, 0.25) is 0 Å². The van der Waals surface area contributed by atoms with Crippen LogP contribution in [0.15, 0.2) is 130 Å². The molecule has 4 atom stereocenters. The van der Waals surface area contributed by atoms with Gasteiger partial charge in [-0.15, -0.1) is 22.7 Å². The van der Waals surface area contributed by atoms with Crippen molar-refractivity contribution < 1.29 is 26.3 Å². The van der Waals surface area contributed by atoms with Crippen LogP contribution in [0.4, 0.5) is 10.3 Å². The summed E-state index contributed by atoms with van der Waals surface area (Å²) >= 11 is 15.2. The van der Waals surface area contributed by atoms with Crippen LogP contribution in [-0.2, 0) is 33.1 Å². The number of aromatic nitrogens is 2. The van der Waals surface area contributed by atoms with E-state index in [4.69, 9.17) is 32.7 Å². The van der Waals surface area contributed by atoms with Gasteiger partial charge >= 0.3 is 0 Å². The average Bonchev–Trinajstić information content (AvgIpc) is 3.96. The van der Waals surface area contributed by atoms with Gasteiger partial charge in [-0.2, -0.15) is 0 Å². The average molecular weight is 956 g/mol. The lowest BCUT2D eigenvalue weighted by Gasteiger charge is -2.37. The molecule has 8 rings (SSSR count). The highest BCUT2D eigenvalue weighted by Crippen LogP contribution is 2.34. The fourth-order valence-corrected chi connectivity index (χ4v) is 11.7. The Morgan fingerprint density at radius 2 is 1.03 bits per heavy atom. The molecule has 0 aliphatic carbocycles. The van der Waals surface area contributed by atoms with Gasteiger partial charge < -0.3 is 9.47 Å². The van der Waals surface area contributed by atoms with Gasteiger partial charge in [-0.25, -0.2) is 26.8 Å². The molecular formula is C44H48Cl2N6O6S4. The number of nitrogens with zero attached hydrogens (tertiary/aromatic N) is 4. The molecule has 6 aromatic rings. The number of anilines is 2. The van der Waals surface area contributed by atoms with E-state index in [-0.39, 0.29) is 32.0 Å². The van der Waals surface area contributed by atoms with Crippen molar-refractivity contribution in [3.63, 3.8) is 0 Å². The summed E-state index contributed by atoms with van der Waals surface area (Å²) in [6, 6.07) is 30.0. The summed E-state index contributed by atoms with van der Waals surface area (Å²) in [6.45, 7) is 9.94. The molecule has 0 saturated carbocycles. The van der Waals surface area contributed by atoms with Crippen LogP contribution >= 0.6 is 45.9 Å². The van der Waals surface area contributed by atoms with Gasteiger partial charge in [0.1, 0.15) is 23.7 Å². The third kappa shape index (κ3) is 12.5. The largest absolute Gasteiger partial charge is 0.488 e. The Balaban J connectivity index is 0.000000186. The highest BCUT2D eigenvalue weighted by Gasteiger charge is 2.30. The molecule has 0 amide bonds. The predicted molar refractivity (Wildman–Crippen MR) is 249 cm³/mol. The monoisotopic (exact) mass is 954 g/mol. The van der Waals surface area contributed by atoms with E-state index >= 15 is 0 Å². The number of rotatable bonds is 14. The van der Waals surface area contributed by atoms with E-state index in [1.165, 1.54) is 58.1 Å². The second kappa shape index (κ2) is 20.9. The number of thiazole rings is 2. The fraction of sp³-hybridized carbons (Fsp3) is 0.318. The van der Waals surface area contributed by atoms with Crippen molar-refractivity contribution in [2.45, 2.75) is 61.8 Å². The van der Waals surface area contributed by atoms with Gasteiger partial charge in [-0.3, -0.25) is 19.2 Å². The Labute approximate surface area is 382 Å². The number of piperidine rings is 2. The zero-order chi connectivity index (χ0) is 43.7.